The number of aryl methyl sites for hydroxylation is 1. The first kappa shape index (κ1) is 13.1. The second-order valence-electron chi connectivity index (χ2n) is 5.27. The molecule has 1 saturated carbocycles. The van der Waals surface area contributed by atoms with Crippen LogP contribution in [0.2, 0.25) is 0 Å². The predicted molar refractivity (Wildman–Crippen MR) is 75.3 cm³/mol. The Morgan fingerprint density at radius 3 is 2.50 bits per heavy atom. The summed E-state index contributed by atoms with van der Waals surface area (Å²) >= 11 is 0. The summed E-state index contributed by atoms with van der Waals surface area (Å²) in [5.41, 5.74) is 1.51. The van der Waals surface area contributed by atoms with Gasteiger partial charge in [-0.25, -0.2) is 4.39 Å². The smallest absolute Gasteiger partial charge is 0.132 e. The van der Waals surface area contributed by atoms with E-state index in [0.717, 1.165) is 18.6 Å². The minimum absolute atomic E-state index is 0.306. The molecule has 0 spiro atoms. The van der Waals surface area contributed by atoms with Crippen LogP contribution in [-0.4, -0.2) is 11.2 Å². The van der Waals surface area contributed by atoms with Gasteiger partial charge in [-0.05, 0) is 43.0 Å². The highest BCUT2D eigenvalue weighted by Crippen LogP contribution is 2.30. The maximum Gasteiger partial charge on any atom is 0.132 e. The Balaban J connectivity index is 1.82. The van der Waals surface area contributed by atoms with Crippen molar-refractivity contribution in [2.45, 2.75) is 32.0 Å². The van der Waals surface area contributed by atoms with Gasteiger partial charge in [-0.2, -0.15) is 0 Å². The Morgan fingerprint density at radius 1 is 1.15 bits per heavy atom. The molecule has 104 valence electrons. The van der Waals surface area contributed by atoms with Crippen molar-refractivity contribution in [2.75, 3.05) is 0 Å². The van der Waals surface area contributed by atoms with Crippen LogP contribution in [0.15, 0.2) is 42.5 Å². The number of rotatable bonds is 4. The van der Waals surface area contributed by atoms with E-state index in [9.17, 15) is 9.50 Å². The van der Waals surface area contributed by atoms with Crippen molar-refractivity contribution in [3.63, 3.8) is 0 Å². The summed E-state index contributed by atoms with van der Waals surface area (Å²) in [5, 5.41) is 10.3. The normalized spacial score (nSPS) is 15.9. The first-order valence-electron chi connectivity index (χ1n) is 6.85. The number of aliphatic hydroxyl groups is 1. The van der Waals surface area contributed by atoms with Gasteiger partial charge in [0.25, 0.3) is 0 Å². The molecule has 1 aliphatic carbocycles. The Labute approximate surface area is 117 Å². The average Bonchev–Trinajstić information content (AvgIpc) is 3.26. The molecule has 1 N–H and O–H groups in total. The summed E-state index contributed by atoms with van der Waals surface area (Å²) in [4.78, 5) is 0. The van der Waals surface area contributed by atoms with Gasteiger partial charge in [0, 0.05) is 5.56 Å². The summed E-state index contributed by atoms with van der Waals surface area (Å²) in [7, 11) is 0. The Bertz CT molecular complexity index is 603. The van der Waals surface area contributed by atoms with Gasteiger partial charge < -0.3 is 9.84 Å². The molecule has 3 rings (SSSR count). The van der Waals surface area contributed by atoms with Crippen LogP contribution in [0, 0.1) is 12.7 Å². The van der Waals surface area contributed by atoms with E-state index in [-0.39, 0.29) is 5.82 Å². The largest absolute Gasteiger partial charge is 0.490 e. The molecule has 1 aliphatic rings. The van der Waals surface area contributed by atoms with Crippen LogP contribution < -0.4 is 4.74 Å². The van der Waals surface area contributed by atoms with Crippen molar-refractivity contribution in [2.24, 2.45) is 0 Å². The van der Waals surface area contributed by atoms with Gasteiger partial charge in [0.05, 0.1) is 6.10 Å². The lowest BCUT2D eigenvalue weighted by Crippen LogP contribution is -2.04. The number of hydrogen-bond acceptors (Lipinski definition) is 2. The first-order valence-corrected chi connectivity index (χ1v) is 6.85. The van der Waals surface area contributed by atoms with E-state index in [1.165, 1.54) is 0 Å². The van der Waals surface area contributed by atoms with Gasteiger partial charge in [0.15, 0.2) is 0 Å². The molecular weight excluding hydrogens is 255 g/mol. The number of hydrogen-bond donors (Lipinski definition) is 1. The number of ether oxygens (including phenoxy) is 1. The highest BCUT2D eigenvalue weighted by molar-refractivity contribution is 5.36. The molecule has 0 radical (unpaired) electrons. The fourth-order valence-electron chi connectivity index (χ4n) is 2.17. The quantitative estimate of drug-likeness (QED) is 0.918. The van der Waals surface area contributed by atoms with Crippen molar-refractivity contribution in [3.8, 4) is 5.75 Å². The third-order valence-electron chi connectivity index (χ3n) is 3.54. The molecule has 1 unspecified atom stereocenters. The summed E-state index contributed by atoms with van der Waals surface area (Å²) in [6.45, 7) is 1.69. The topological polar surface area (TPSA) is 29.5 Å². The van der Waals surface area contributed by atoms with Crippen LogP contribution in [0.3, 0.4) is 0 Å². The van der Waals surface area contributed by atoms with Crippen LogP contribution in [0.5, 0.6) is 5.75 Å². The molecular formula is C17H17FO2. The molecule has 1 fully saturated rings. The number of benzene rings is 2. The minimum atomic E-state index is -0.954. The third-order valence-corrected chi connectivity index (χ3v) is 3.54. The van der Waals surface area contributed by atoms with Crippen LogP contribution in [0.4, 0.5) is 4.39 Å². The maximum atomic E-state index is 14.0. The van der Waals surface area contributed by atoms with E-state index in [0.29, 0.717) is 22.8 Å². The maximum absolute atomic E-state index is 14.0. The Hall–Kier alpha value is -1.87. The fraction of sp³-hybridized carbons (Fsp3) is 0.294. The van der Waals surface area contributed by atoms with Gasteiger partial charge >= 0.3 is 0 Å². The third kappa shape index (κ3) is 2.68. The van der Waals surface area contributed by atoms with Gasteiger partial charge in [0.1, 0.15) is 17.7 Å². The van der Waals surface area contributed by atoms with Crippen molar-refractivity contribution in [1.82, 2.24) is 0 Å². The zero-order chi connectivity index (χ0) is 14.1. The van der Waals surface area contributed by atoms with Crippen molar-refractivity contribution in [1.29, 1.82) is 0 Å². The first-order chi connectivity index (χ1) is 9.65. The van der Waals surface area contributed by atoms with Gasteiger partial charge in [-0.3, -0.25) is 0 Å². The second kappa shape index (κ2) is 5.25. The lowest BCUT2D eigenvalue weighted by Gasteiger charge is -2.14. The molecule has 3 heteroatoms. The number of aliphatic hydroxyl groups excluding tert-OH is 1. The van der Waals surface area contributed by atoms with Crippen LogP contribution >= 0.6 is 0 Å². The highest BCUT2D eigenvalue weighted by atomic mass is 19.1. The van der Waals surface area contributed by atoms with E-state index in [2.05, 4.69) is 0 Å². The molecule has 0 heterocycles. The lowest BCUT2D eigenvalue weighted by molar-refractivity contribution is 0.214. The number of halogens is 1. The van der Waals surface area contributed by atoms with Crippen molar-refractivity contribution >= 4 is 0 Å². The lowest BCUT2D eigenvalue weighted by atomic mass is 9.99. The standard InChI is InChI=1S/C17H17FO2/c1-11-3-2-4-15(16(11)18)17(19)12-5-7-13(8-6-12)20-14-9-10-14/h2-8,14,17,19H,9-10H2,1H3. The van der Waals surface area contributed by atoms with E-state index >= 15 is 0 Å². The molecule has 20 heavy (non-hydrogen) atoms. The molecule has 2 aromatic rings. The second-order valence-corrected chi connectivity index (χ2v) is 5.27. The molecule has 0 amide bonds. The molecule has 1 atom stereocenters. The average molecular weight is 272 g/mol. The van der Waals surface area contributed by atoms with Gasteiger partial charge in [-0.15, -0.1) is 0 Å². The predicted octanol–water partition coefficient (Wildman–Crippen LogP) is 3.76. The van der Waals surface area contributed by atoms with Crippen LogP contribution in [0.25, 0.3) is 0 Å². The van der Waals surface area contributed by atoms with E-state index in [1.54, 1.807) is 37.3 Å². The minimum Gasteiger partial charge on any atom is -0.490 e. The zero-order valence-electron chi connectivity index (χ0n) is 11.3. The molecule has 2 nitrogen and oxygen atoms in total. The molecule has 0 saturated heterocycles. The molecule has 0 bridgehead atoms. The van der Waals surface area contributed by atoms with Crippen LogP contribution in [0.1, 0.15) is 35.6 Å². The SMILES string of the molecule is Cc1cccc(C(O)c2ccc(OC3CC3)cc2)c1F. The summed E-state index contributed by atoms with van der Waals surface area (Å²) in [6.07, 6.45) is 1.61. The van der Waals surface area contributed by atoms with Gasteiger partial charge in [0.2, 0.25) is 0 Å². The van der Waals surface area contributed by atoms with Crippen molar-refractivity contribution in [3.05, 3.63) is 65.0 Å². The molecule has 0 aromatic heterocycles. The zero-order valence-corrected chi connectivity index (χ0v) is 11.3. The van der Waals surface area contributed by atoms with Crippen molar-refractivity contribution < 1.29 is 14.2 Å². The Kier molecular flexibility index (Phi) is 3.45. The fourth-order valence-corrected chi connectivity index (χ4v) is 2.17. The molecule has 0 aliphatic heterocycles. The van der Waals surface area contributed by atoms with Crippen LogP contribution in [-0.2, 0) is 0 Å². The van der Waals surface area contributed by atoms with E-state index in [4.69, 9.17) is 4.74 Å². The Morgan fingerprint density at radius 2 is 1.85 bits per heavy atom. The monoisotopic (exact) mass is 272 g/mol. The summed E-state index contributed by atoms with van der Waals surface area (Å²) < 4.78 is 19.7. The molecule has 2 aromatic carbocycles. The highest BCUT2D eigenvalue weighted by Gasteiger charge is 2.23. The van der Waals surface area contributed by atoms with E-state index in [1.807, 2.05) is 12.1 Å². The van der Waals surface area contributed by atoms with E-state index < -0.39 is 6.10 Å². The summed E-state index contributed by atoms with van der Waals surface area (Å²) in [5.74, 6) is 0.450. The summed E-state index contributed by atoms with van der Waals surface area (Å²) in [6, 6.07) is 12.3. The van der Waals surface area contributed by atoms with Gasteiger partial charge in [-0.1, -0.05) is 30.3 Å².